The molecule has 4 N–H and O–H groups in total. The molecule has 6 saturated heterocycles. The van der Waals surface area contributed by atoms with Gasteiger partial charge in [-0.2, -0.15) is 15.0 Å². The molecular formula is C81H102BF6I2LiN15O11S2. The zero-order valence-electron chi connectivity index (χ0n) is 69.0. The summed E-state index contributed by atoms with van der Waals surface area (Å²) in [6.07, 6.45) is 12.2. The quantitative estimate of drug-likeness (QED) is 0.0181. The number of hydrogen-bond acceptors (Lipinski definition) is 23. The number of aryl methyl sites for hydroxylation is 3. The van der Waals surface area contributed by atoms with E-state index in [1.165, 1.54) is 87.8 Å². The summed E-state index contributed by atoms with van der Waals surface area (Å²) < 4.78 is 140. The standard InChI is InChI=1S/C28H35F2N5O5S.C26H33F2N5O4S.C24H28F2IN5O.C3H5IO.B.Li.H/c1-3-40-24(36)18-41(38,39)20-4-5-21(22(17-20)34-12-8-27(6-7-27)9-13-34)25(37)32-23-16-19(2)31-26(33-23)35-14-10-28(29,30)11-15-35;1-18-16-22(31-24(29-18)33-12-8-26(27,28)9-13-33)30-23(35)20-3-2-19(38(36,37)15-14-34)17-21(20)32-10-6-25(4-5-25)7-11-32;1-16-14-20(30-22(28-16)32-12-8-24(25,26)9-13-32)29-21(33)18-3-2-17(27)15-19(18)31-10-6-23(4-5-23)7-11-31;1-3(5)2-4;;;/h4-5,16-17H,3,6-15,18H2,1-2H3,(H,31,32,33,37);2-3,16-17,34H,4-15H2,1H3,(H,29,30,31,35);2-3,14-15H,4-13H2,1H3,(H,28,29,30,33);2H2,1H3;;;/q;;;;;+1;-1. The van der Waals surface area contributed by atoms with Gasteiger partial charge in [0.25, 0.3) is 35.5 Å². The third kappa shape index (κ3) is 25.1. The molecule has 3 radical (unpaired) electrons. The Bertz CT molecular complexity index is 4900. The van der Waals surface area contributed by atoms with Gasteiger partial charge >= 0.3 is 24.8 Å². The number of carbonyl (C=O) groups excluding carboxylic acids is 5. The number of esters is 1. The van der Waals surface area contributed by atoms with Crippen molar-refractivity contribution in [3.05, 3.63) is 110 Å². The molecule has 9 heterocycles. The minimum atomic E-state index is -4.00. The summed E-state index contributed by atoms with van der Waals surface area (Å²) in [6.45, 7) is 13.6. The van der Waals surface area contributed by atoms with Gasteiger partial charge in [-0.3, -0.25) is 24.0 Å². The number of halogens is 8. The summed E-state index contributed by atoms with van der Waals surface area (Å²) in [5.74, 6) is -9.20. The van der Waals surface area contributed by atoms with Crippen LogP contribution >= 0.6 is 45.2 Å². The predicted molar refractivity (Wildman–Crippen MR) is 459 cm³/mol. The van der Waals surface area contributed by atoms with Crippen LogP contribution in [0, 0.1) is 40.6 Å². The number of aliphatic hydroxyl groups excluding tert-OH is 1. The Morgan fingerprint density at radius 1 is 0.454 bits per heavy atom. The zero-order valence-corrected chi connectivity index (χ0v) is 73.9. The van der Waals surface area contributed by atoms with Gasteiger partial charge in [-0.05, 0) is 205 Å². The average Bonchev–Trinajstić information content (AvgIpc) is 1.62. The molecule has 9 fully saturated rings. The number of benzene rings is 3. The van der Waals surface area contributed by atoms with Gasteiger partial charge in [-0.1, -0.05) is 22.6 Å². The van der Waals surface area contributed by atoms with Crippen molar-refractivity contribution in [1.29, 1.82) is 0 Å². The van der Waals surface area contributed by atoms with E-state index >= 15 is 0 Å². The molecule has 38 heteroatoms. The Hall–Kier alpha value is -7.19. The Balaban J connectivity index is 0.000000197. The molecule has 3 spiro atoms. The average molecular weight is 1910 g/mol. The van der Waals surface area contributed by atoms with Crippen molar-refractivity contribution < 1.29 is 97.3 Å². The number of ether oxygens (including phenoxy) is 1. The van der Waals surface area contributed by atoms with Crippen LogP contribution in [0.15, 0.2) is 82.6 Å². The van der Waals surface area contributed by atoms with Crippen LogP contribution in [0.2, 0.25) is 0 Å². The zero-order chi connectivity index (χ0) is 84.0. The Morgan fingerprint density at radius 2 is 0.739 bits per heavy atom. The van der Waals surface area contributed by atoms with Crippen LogP contribution in [0.3, 0.4) is 0 Å². The van der Waals surface area contributed by atoms with Gasteiger partial charge in [0.1, 0.15) is 23.2 Å². The van der Waals surface area contributed by atoms with Gasteiger partial charge in [0.2, 0.25) is 17.8 Å². The first-order valence-corrected chi connectivity index (χ1v) is 45.8. The van der Waals surface area contributed by atoms with Crippen molar-refractivity contribution in [2.75, 3.05) is 153 Å². The van der Waals surface area contributed by atoms with E-state index in [-0.39, 0.29) is 164 Å². The number of anilines is 9. The molecule has 3 saturated carbocycles. The van der Waals surface area contributed by atoms with Crippen molar-refractivity contribution in [1.82, 2.24) is 29.9 Å². The van der Waals surface area contributed by atoms with Gasteiger partial charge < -0.3 is 56.6 Å². The van der Waals surface area contributed by atoms with Crippen molar-refractivity contribution in [3.8, 4) is 0 Å². The molecule has 639 valence electrons. The molecule has 0 atom stereocenters. The molecule has 3 amide bonds. The number of aliphatic hydroxyl groups is 1. The fraction of sp³-hybridized carbons (Fsp3) is 0.568. The van der Waals surface area contributed by atoms with E-state index in [4.69, 9.17) is 4.74 Å². The maximum Gasteiger partial charge on any atom is 1.00 e. The number of aromatic nitrogens is 6. The fourth-order valence-corrected chi connectivity index (χ4v) is 18.2. The van der Waals surface area contributed by atoms with E-state index in [9.17, 15) is 72.3 Å². The number of nitrogens with one attached hydrogen (secondary N) is 3. The summed E-state index contributed by atoms with van der Waals surface area (Å²) in [7, 11) is -7.70. The minimum absolute atomic E-state index is 0. The van der Waals surface area contributed by atoms with E-state index in [0.29, 0.717) is 85.1 Å². The van der Waals surface area contributed by atoms with Crippen LogP contribution < -0.4 is 64.2 Å². The van der Waals surface area contributed by atoms with Crippen LogP contribution in [0.1, 0.15) is 179 Å². The van der Waals surface area contributed by atoms with Crippen molar-refractivity contribution >= 4 is 155 Å². The number of carbonyl (C=O) groups is 5. The molecule has 26 nitrogen and oxygen atoms in total. The number of nitrogens with zero attached hydrogens (tertiary/aromatic N) is 12. The number of rotatable bonds is 20. The molecule has 15 rings (SSSR count). The predicted octanol–water partition coefficient (Wildman–Crippen LogP) is 10.4. The minimum Gasteiger partial charge on any atom is -1.00 e. The second-order valence-electron chi connectivity index (χ2n) is 32.4. The maximum absolute atomic E-state index is 13.7. The van der Waals surface area contributed by atoms with Crippen molar-refractivity contribution in [2.24, 2.45) is 16.2 Å². The summed E-state index contributed by atoms with van der Waals surface area (Å²) in [6, 6.07) is 19.4. The van der Waals surface area contributed by atoms with E-state index in [2.05, 4.69) is 84.3 Å². The summed E-state index contributed by atoms with van der Waals surface area (Å²) in [5, 5.41) is 17.7. The van der Waals surface area contributed by atoms with Gasteiger partial charge in [0.05, 0.1) is 66.9 Å². The van der Waals surface area contributed by atoms with Crippen molar-refractivity contribution in [2.45, 2.75) is 178 Å². The van der Waals surface area contributed by atoms with Crippen LogP contribution in [0.25, 0.3) is 0 Å². The topological polar surface area (TPSA) is 316 Å². The first-order valence-electron chi connectivity index (χ1n) is 39.9. The summed E-state index contributed by atoms with van der Waals surface area (Å²) in [5.41, 5.74) is 6.30. The molecular weight excluding hydrogens is 1810 g/mol. The van der Waals surface area contributed by atoms with Crippen LogP contribution in [-0.4, -0.2) is 215 Å². The summed E-state index contributed by atoms with van der Waals surface area (Å²) in [4.78, 5) is 100. The van der Waals surface area contributed by atoms with Gasteiger partial charge in [0, 0.05) is 164 Å². The molecule has 3 aromatic heterocycles. The van der Waals surface area contributed by atoms with E-state index in [0.717, 1.165) is 61.1 Å². The molecule has 3 aromatic carbocycles. The smallest absolute Gasteiger partial charge is 1.00 e. The number of hydrogen-bond donors (Lipinski definition) is 4. The Labute approximate surface area is 733 Å². The Kier molecular flexibility index (Phi) is 30.9. The number of ketones is 1. The van der Waals surface area contributed by atoms with Crippen LogP contribution in [0.5, 0.6) is 0 Å². The van der Waals surface area contributed by atoms with Gasteiger partial charge in [0.15, 0.2) is 25.4 Å². The second kappa shape index (κ2) is 39.1. The van der Waals surface area contributed by atoms with Crippen LogP contribution in [-0.2, 0) is 34.0 Å². The SMILES string of the molecule is CC(=O)CI.CCOC(=O)CS(=O)(=O)c1ccc(C(=O)Nc2cc(C)nc(N3CCC(F)(F)CC3)n2)c(N2CCC3(CC2)CC3)c1.Cc1cc(NC(=O)c2ccc(I)cc2N2CCC3(CC2)CC3)nc(N2CCC(F)(F)CC2)n1.Cc1cc(NC(=O)c2ccc(S(=O)(=O)CCO)cc2N2CCC3(CC2)CC3)nc(N2CCC(F)(F)CC2)n1.[B].[H-].[Li+]. The summed E-state index contributed by atoms with van der Waals surface area (Å²) >= 11 is 4.31. The van der Waals surface area contributed by atoms with Crippen molar-refractivity contribution in [3.63, 3.8) is 0 Å². The third-order valence-corrected chi connectivity index (χ3v) is 28.5. The normalized spacial score (nSPS) is 19.5. The van der Waals surface area contributed by atoms with E-state index in [1.807, 2.05) is 46.5 Å². The number of piperidine rings is 6. The Morgan fingerprint density at radius 3 is 1.03 bits per heavy atom. The molecule has 3 aliphatic carbocycles. The maximum atomic E-state index is 13.7. The fourth-order valence-electron chi connectivity index (χ4n) is 15.6. The molecule has 9 aliphatic rings. The third-order valence-electron chi connectivity index (χ3n) is 23.5. The monoisotopic (exact) mass is 1910 g/mol. The van der Waals surface area contributed by atoms with Gasteiger partial charge in [-0.25, -0.2) is 58.1 Å². The molecule has 6 aromatic rings. The number of Topliss-reactive ketones (excluding diaryl/α,β-unsaturated/α-hetero) is 1. The number of sulfone groups is 2. The largest absolute Gasteiger partial charge is 1.00 e. The molecule has 0 unspecified atom stereocenters. The molecule has 6 aliphatic heterocycles. The first kappa shape index (κ1) is 94.1. The number of alkyl halides is 7. The van der Waals surface area contributed by atoms with Crippen LogP contribution in [0.4, 0.5) is 78.7 Å². The van der Waals surface area contributed by atoms with E-state index < -0.39 is 73.3 Å². The second-order valence-corrected chi connectivity index (χ2v) is 38.5. The molecule has 0 bridgehead atoms. The number of amides is 3. The molecule has 119 heavy (non-hydrogen) atoms. The first-order chi connectivity index (χ1) is 55.4. The van der Waals surface area contributed by atoms with Gasteiger partial charge in [-0.15, -0.1) is 0 Å². The van der Waals surface area contributed by atoms with E-state index in [1.54, 1.807) is 60.6 Å².